The topological polar surface area (TPSA) is 0 Å². The Bertz CT molecular complexity index is 569. The Morgan fingerprint density at radius 3 is 2.41 bits per heavy atom. The van der Waals surface area contributed by atoms with E-state index in [9.17, 15) is 0 Å². The van der Waals surface area contributed by atoms with Crippen molar-refractivity contribution in [3.8, 4) is 0 Å². The van der Waals surface area contributed by atoms with Crippen molar-refractivity contribution in [1.82, 2.24) is 0 Å². The third kappa shape index (κ3) is 3.36. The summed E-state index contributed by atoms with van der Waals surface area (Å²) in [6.45, 7) is 12.8. The van der Waals surface area contributed by atoms with Gasteiger partial charge in [0.1, 0.15) is 0 Å². The van der Waals surface area contributed by atoms with Crippen molar-refractivity contribution in [2.45, 2.75) is 118 Å². The summed E-state index contributed by atoms with van der Waals surface area (Å²) in [5, 5.41) is 0. The molecule has 0 amide bonds. The molecular formula is C27H46. The molecule has 27 heavy (non-hydrogen) atoms. The molecule has 0 saturated heterocycles. The first-order valence-electron chi connectivity index (χ1n) is 12.6. The maximum atomic E-state index is 2.75. The van der Waals surface area contributed by atoms with Gasteiger partial charge in [-0.05, 0) is 105 Å². The molecule has 4 aliphatic rings. The molecule has 4 aliphatic carbocycles. The van der Waals surface area contributed by atoms with Crippen LogP contribution in [0.25, 0.3) is 0 Å². The molecule has 0 aromatic carbocycles. The minimum atomic E-state index is 0.606. The van der Waals surface area contributed by atoms with Gasteiger partial charge in [0.05, 0.1) is 0 Å². The van der Waals surface area contributed by atoms with Crippen LogP contribution in [0.5, 0.6) is 0 Å². The Morgan fingerprint density at radius 1 is 0.926 bits per heavy atom. The Balaban J connectivity index is 1.51. The second-order valence-electron chi connectivity index (χ2n) is 12.0. The first-order chi connectivity index (χ1) is 12.9. The molecule has 6 atom stereocenters. The summed E-state index contributed by atoms with van der Waals surface area (Å²) in [5.41, 5.74) is 5.16. The van der Waals surface area contributed by atoms with E-state index in [0.717, 1.165) is 29.6 Å². The van der Waals surface area contributed by atoms with E-state index in [-0.39, 0.29) is 0 Å². The van der Waals surface area contributed by atoms with Crippen LogP contribution in [0.1, 0.15) is 118 Å². The molecule has 2 fully saturated rings. The second kappa shape index (κ2) is 7.53. The van der Waals surface area contributed by atoms with Crippen LogP contribution < -0.4 is 0 Å². The van der Waals surface area contributed by atoms with Gasteiger partial charge in [-0.25, -0.2) is 0 Å². The van der Waals surface area contributed by atoms with Gasteiger partial charge < -0.3 is 0 Å². The number of rotatable bonds is 5. The fourth-order valence-electron chi connectivity index (χ4n) is 8.77. The van der Waals surface area contributed by atoms with Crippen molar-refractivity contribution in [2.24, 2.45) is 40.4 Å². The lowest BCUT2D eigenvalue weighted by Crippen LogP contribution is -2.51. The first kappa shape index (κ1) is 20.0. The predicted octanol–water partition coefficient (Wildman–Crippen LogP) is 8.56. The molecule has 0 aromatic rings. The molecule has 6 unspecified atom stereocenters. The SMILES string of the molecule is CC(C)CCCCC1CCC2C1(C)CCC1C3=C(CCCC3)C(C)CC12C. The smallest absolute Gasteiger partial charge is 0.0143 e. The summed E-state index contributed by atoms with van der Waals surface area (Å²) in [6.07, 6.45) is 19.3. The van der Waals surface area contributed by atoms with Crippen molar-refractivity contribution in [3.05, 3.63) is 11.1 Å². The highest BCUT2D eigenvalue weighted by atomic mass is 14.6. The molecule has 0 bridgehead atoms. The van der Waals surface area contributed by atoms with Crippen LogP contribution in [-0.2, 0) is 0 Å². The van der Waals surface area contributed by atoms with Crippen LogP contribution >= 0.6 is 0 Å². The minimum Gasteiger partial charge on any atom is -0.0679 e. The zero-order chi connectivity index (χ0) is 19.2. The fourth-order valence-corrected chi connectivity index (χ4v) is 8.77. The van der Waals surface area contributed by atoms with Crippen molar-refractivity contribution < 1.29 is 0 Å². The van der Waals surface area contributed by atoms with Crippen molar-refractivity contribution in [2.75, 3.05) is 0 Å². The molecule has 0 heterocycles. The van der Waals surface area contributed by atoms with Crippen molar-refractivity contribution >= 4 is 0 Å². The van der Waals surface area contributed by atoms with Crippen LogP contribution in [0, 0.1) is 40.4 Å². The zero-order valence-electron chi connectivity index (χ0n) is 19.1. The van der Waals surface area contributed by atoms with Gasteiger partial charge in [0.15, 0.2) is 0 Å². The van der Waals surface area contributed by atoms with Crippen molar-refractivity contribution in [1.29, 1.82) is 0 Å². The van der Waals surface area contributed by atoms with Crippen LogP contribution in [0.15, 0.2) is 11.1 Å². The summed E-state index contributed by atoms with van der Waals surface area (Å²) >= 11 is 0. The van der Waals surface area contributed by atoms with Gasteiger partial charge in [0, 0.05) is 0 Å². The maximum Gasteiger partial charge on any atom is -0.0143 e. The summed E-state index contributed by atoms with van der Waals surface area (Å²) < 4.78 is 0. The monoisotopic (exact) mass is 370 g/mol. The molecule has 0 radical (unpaired) electrons. The number of hydrogen-bond acceptors (Lipinski definition) is 0. The minimum absolute atomic E-state index is 0.606. The number of fused-ring (bicyclic) bond motifs is 4. The molecular weight excluding hydrogens is 324 g/mol. The largest absolute Gasteiger partial charge is 0.0679 e. The highest BCUT2D eigenvalue weighted by Crippen LogP contribution is 2.69. The first-order valence-corrected chi connectivity index (χ1v) is 12.6. The predicted molar refractivity (Wildman–Crippen MR) is 118 cm³/mol. The van der Waals surface area contributed by atoms with Crippen molar-refractivity contribution in [3.63, 3.8) is 0 Å². The van der Waals surface area contributed by atoms with E-state index in [0.29, 0.717) is 10.8 Å². The van der Waals surface area contributed by atoms with E-state index >= 15 is 0 Å². The molecule has 0 aliphatic heterocycles. The second-order valence-corrected chi connectivity index (χ2v) is 12.0. The normalized spacial score (nSPS) is 44.2. The fraction of sp³-hybridized carbons (Fsp3) is 0.926. The molecule has 0 heteroatoms. The maximum absolute atomic E-state index is 2.75. The Kier molecular flexibility index (Phi) is 5.59. The van der Waals surface area contributed by atoms with Gasteiger partial charge in [-0.2, -0.15) is 0 Å². The van der Waals surface area contributed by atoms with Crippen LogP contribution in [-0.4, -0.2) is 0 Å². The molecule has 4 rings (SSSR count). The Morgan fingerprint density at radius 2 is 1.67 bits per heavy atom. The van der Waals surface area contributed by atoms with E-state index in [1.165, 1.54) is 83.5 Å². The number of hydrogen-bond donors (Lipinski definition) is 0. The van der Waals surface area contributed by atoms with Gasteiger partial charge in [0.2, 0.25) is 0 Å². The number of unbranched alkanes of at least 4 members (excludes halogenated alkanes) is 1. The van der Waals surface area contributed by atoms with Crippen LogP contribution in [0.3, 0.4) is 0 Å². The summed E-state index contributed by atoms with van der Waals surface area (Å²) in [7, 11) is 0. The summed E-state index contributed by atoms with van der Waals surface area (Å²) in [6, 6.07) is 0. The molecule has 2 saturated carbocycles. The highest BCUT2D eigenvalue weighted by Gasteiger charge is 2.60. The third-order valence-corrected chi connectivity index (χ3v) is 10.00. The van der Waals surface area contributed by atoms with Gasteiger partial charge in [0.25, 0.3) is 0 Å². The molecule has 0 aromatic heterocycles. The van der Waals surface area contributed by atoms with Gasteiger partial charge >= 0.3 is 0 Å². The average Bonchev–Trinajstić information content (AvgIpc) is 2.96. The summed E-state index contributed by atoms with van der Waals surface area (Å²) in [4.78, 5) is 0. The van der Waals surface area contributed by atoms with Gasteiger partial charge in [-0.1, -0.05) is 65.0 Å². The van der Waals surface area contributed by atoms with E-state index in [4.69, 9.17) is 0 Å². The quantitative estimate of drug-likeness (QED) is 0.336. The average molecular weight is 371 g/mol. The number of allylic oxidation sites excluding steroid dienone is 2. The molecule has 154 valence electrons. The molecule has 0 spiro atoms. The lowest BCUT2D eigenvalue weighted by atomic mass is 9.45. The highest BCUT2D eigenvalue weighted by molar-refractivity contribution is 5.30. The lowest BCUT2D eigenvalue weighted by molar-refractivity contribution is -0.0639. The van der Waals surface area contributed by atoms with Gasteiger partial charge in [-0.3, -0.25) is 0 Å². The third-order valence-electron chi connectivity index (χ3n) is 10.00. The Labute approximate surface area is 170 Å². The van der Waals surface area contributed by atoms with E-state index < -0.39 is 0 Å². The lowest BCUT2D eigenvalue weighted by Gasteiger charge is -2.60. The van der Waals surface area contributed by atoms with E-state index in [1.807, 2.05) is 11.1 Å². The van der Waals surface area contributed by atoms with Gasteiger partial charge in [-0.15, -0.1) is 0 Å². The molecule has 0 N–H and O–H groups in total. The zero-order valence-corrected chi connectivity index (χ0v) is 19.1. The Hall–Kier alpha value is -0.260. The molecule has 0 nitrogen and oxygen atoms in total. The van der Waals surface area contributed by atoms with Crippen LogP contribution in [0.4, 0.5) is 0 Å². The van der Waals surface area contributed by atoms with E-state index in [1.54, 1.807) is 0 Å². The summed E-state index contributed by atoms with van der Waals surface area (Å²) in [5.74, 6) is 4.71. The van der Waals surface area contributed by atoms with E-state index in [2.05, 4.69) is 34.6 Å². The van der Waals surface area contributed by atoms with Crippen LogP contribution in [0.2, 0.25) is 0 Å². The standard InChI is InChI=1S/C27H46/c1-19(2)10-6-7-11-21-14-15-25-26(21,4)17-16-24-23-13-9-8-12-22(23)20(3)18-27(24,25)5/h19-21,24-25H,6-18H2,1-5H3.